The molecule has 1 aliphatic heterocycles. The summed E-state index contributed by atoms with van der Waals surface area (Å²) in [6, 6.07) is 6.10. The van der Waals surface area contributed by atoms with Crippen molar-refractivity contribution in [2.75, 3.05) is 13.1 Å². The molecule has 1 fully saturated rings. The fraction of sp³-hybridized carbons (Fsp3) is 0.333. The van der Waals surface area contributed by atoms with Crippen LogP contribution < -0.4 is 0 Å². The predicted octanol–water partition coefficient (Wildman–Crippen LogP) is 2.58. The molecule has 0 atom stereocenters. The van der Waals surface area contributed by atoms with Gasteiger partial charge in [0.25, 0.3) is 0 Å². The smallest absolute Gasteiger partial charge is 0.409 e. The molecule has 0 unspecified atom stereocenters. The first-order valence-corrected chi connectivity index (χ1v) is 7.47. The van der Waals surface area contributed by atoms with Crippen molar-refractivity contribution in [2.24, 2.45) is 0 Å². The summed E-state index contributed by atoms with van der Waals surface area (Å²) in [4.78, 5) is 35.7. The zero-order valence-electron chi connectivity index (χ0n) is 12.2. The van der Waals surface area contributed by atoms with Crippen molar-refractivity contribution in [1.29, 1.82) is 0 Å². The number of Topliss-reactive ketones (excluding diaryl/α,β-unsaturated/α-hetero) is 1. The van der Waals surface area contributed by atoms with Crippen LogP contribution in [-0.2, 0) is 4.79 Å². The number of ketones is 1. The molecule has 2 rings (SSSR count). The zero-order chi connectivity index (χ0) is 17.0. The van der Waals surface area contributed by atoms with Crippen LogP contribution in [0, 0.1) is 10.1 Å². The molecular formula is C15H15ClN2O5. The van der Waals surface area contributed by atoms with Gasteiger partial charge in [0, 0.05) is 18.7 Å². The second-order valence-corrected chi connectivity index (χ2v) is 5.52. The number of rotatable bonds is 5. The van der Waals surface area contributed by atoms with Crippen LogP contribution in [-0.4, -0.2) is 39.8 Å². The molecule has 0 amide bonds. The van der Waals surface area contributed by atoms with Crippen LogP contribution in [0.5, 0.6) is 0 Å². The maximum atomic E-state index is 12.8. The average molecular weight is 339 g/mol. The molecule has 0 spiro atoms. The molecule has 0 bridgehead atoms. The largest absolute Gasteiger partial charge is 0.473 e. The van der Waals surface area contributed by atoms with Crippen LogP contribution in [0.4, 0.5) is 0 Å². The lowest BCUT2D eigenvalue weighted by molar-refractivity contribution is -0.422. The van der Waals surface area contributed by atoms with Crippen LogP contribution >= 0.6 is 11.6 Å². The summed E-state index contributed by atoms with van der Waals surface area (Å²) in [5.74, 6) is -2.48. The SMILES string of the molecule is O=C(O)/C(=C(/C(=O)c1ccccc1Cl)N1CCCCC1)[N+](=O)[O-]. The van der Waals surface area contributed by atoms with Crippen molar-refractivity contribution in [1.82, 2.24) is 4.90 Å². The van der Waals surface area contributed by atoms with E-state index in [1.54, 1.807) is 12.1 Å². The third kappa shape index (κ3) is 3.68. The van der Waals surface area contributed by atoms with E-state index in [4.69, 9.17) is 11.6 Å². The highest BCUT2D eigenvalue weighted by Crippen LogP contribution is 2.25. The summed E-state index contributed by atoms with van der Waals surface area (Å²) in [6.45, 7) is 0.798. The van der Waals surface area contributed by atoms with Gasteiger partial charge in [-0.15, -0.1) is 0 Å². The Bertz CT molecular complexity index is 664. The maximum absolute atomic E-state index is 12.8. The van der Waals surface area contributed by atoms with Crippen LogP contribution in [0.25, 0.3) is 0 Å². The molecule has 0 saturated carbocycles. The minimum absolute atomic E-state index is 0.0512. The number of piperidine rings is 1. The summed E-state index contributed by atoms with van der Waals surface area (Å²) >= 11 is 5.99. The van der Waals surface area contributed by atoms with E-state index in [0.29, 0.717) is 13.1 Å². The number of halogens is 1. The summed E-state index contributed by atoms with van der Waals surface area (Å²) in [5.41, 5.74) is -1.47. The monoisotopic (exact) mass is 338 g/mol. The molecule has 0 radical (unpaired) electrons. The molecule has 1 aromatic rings. The van der Waals surface area contributed by atoms with E-state index >= 15 is 0 Å². The standard InChI is InChI=1S/C15H15ClN2O5/c16-11-7-3-2-6-10(11)14(19)12(13(15(20)21)18(22)23)17-8-4-1-5-9-17/h2-3,6-7H,1,4-5,8-9H2,(H,20,21)/b13-12+. The number of likely N-dealkylation sites (tertiary alicyclic amines) is 1. The number of hydrogen-bond donors (Lipinski definition) is 1. The number of nitrogens with zero attached hydrogens (tertiary/aromatic N) is 2. The van der Waals surface area contributed by atoms with Crippen molar-refractivity contribution >= 4 is 23.4 Å². The molecule has 0 aromatic heterocycles. The maximum Gasteiger partial charge on any atom is 0.409 e. The van der Waals surface area contributed by atoms with Crippen molar-refractivity contribution in [3.8, 4) is 0 Å². The number of nitro groups is 1. The minimum Gasteiger partial charge on any atom is -0.473 e. The van der Waals surface area contributed by atoms with Crippen LogP contribution in [0.1, 0.15) is 29.6 Å². The molecule has 1 heterocycles. The third-order valence-corrected chi connectivity index (χ3v) is 3.94. The lowest BCUT2D eigenvalue weighted by Gasteiger charge is -2.29. The van der Waals surface area contributed by atoms with Gasteiger partial charge in [0.1, 0.15) is 0 Å². The Kier molecular flexibility index (Phi) is 5.33. The normalized spacial score (nSPS) is 15.8. The minimum atomic E-state index is -1.74. The number of carbonyl (C=O) groups is 2. The van der Waals surface area contributed by atoms with Crippen LogP contribution in [0.15, 0.2) is 35.7 Å². The van der Waals surface area contributed by atoms with Gasteiger partial charge >= 0.3 is 11.7 Å². The number of carboxylic acid groups (broad SMARTS) is 1. The number of allylic oxidation sites excluding steroid dienone is 1. The van der Waals surface area contributed by atoms with Crippen LogP contribution in [0.3, 0.4) is 0 Å². The number of aliphatic carboxylic acids is 1. The quantitative estimate of drug-likeness (QED) is 0.383. The van der Waals surface area contributed by atoms with Gasteiger partial charge in [-0.2, -0.15) is 0 Å². The lowest BCUT2D eigenvalue weighted by atomic mass is 10.0. The van der Waals surface area contributed by atoms with Gasteiger partial charge in [-0.1, -0.05) is 23.7 Å². The topological polar surface area (TPSA) is 101 Å². The Labute approximate surface area is 137 Å². The molecule has 7 nitrogen and oxygen atoms in total. The molecule has 0 aliphatic carbocycles. The third-order valence-electron chi connectivity index (χ3n) is 3.62. The van der Waals surface area contributed by atoms with E-state index in [1.807, 2.05) is 0 Å². The summed E-state index contributed by atoms with van der Waals surface area (Å²) in [7, 11) is 0. The van der Waals surface area contributed by atoms with E-state index < -0.39 is 28.1 Å². The van der Waals surface area contributed by atoms with E-state index in [9.17, 15) is 24.8 Å². The molecule has 8 heteroatoms. The molecule has 23 heavy (non-hydrogen) atoms. The van der Waals surface area contributed by atoms with Gasteiger partial charge in [0.05, 0.1) is 9.95 Å². The highest BCUT2D eigenvalue weighted by atomic mass is 35.5. The van der Waals surface area contributed by atoms with Crippen molar-refractivity contribution < 1.29 is 19.6 Å². The van der Waals surface area contributed by atoms with Gasteiger partial charge in [-0.25, -0.2) is 4.79 Å². The Balaban J connectivity index is 2.59. The van der Waals surface area contributed by atoms with Gasteiger partial charge in [-0.3, -0.25) is 14.9 Å². The zero-order valence-corrected chi connectivity index (χ0v) is 13.0. The Hall–Kier alpha value is -2.41. The fourth-order valence-corrected chi connectivity index (χ4v) is 2.78. The molecule has 1 N–H and O–H groups in total. The number of carboxylic acids is 1. The highest BCUT2D eigenvalue weighted by molar-refractivity contribution is 6.35. The summed E-state index contributed by atoms with van der Waals surface area (Å²) in [6.07, 6.45) is 2.42. The van der Waals surface area contributed by atoms with Gasteiger partial charge < -0.3 is 10.0 Å². The lowest BCUT2D eigenvalue weighted by Crippen LogP contribution is -2.36. The number of carbonyl (C=O) groups excluding carboxylic acids is 1. The molecule has 1 saturated heterocycles. The van der Waals surface area contributed by atoms with Crippen molar-refractivity contribution in [2.45, 2.75) is 19.3 Å². The Morgan fingerprint density at radius 3 is 2.30 bits per heavy atom. The molecular weight excluding hydrogens is 324 g/mol. The van der Waals surface area contributed by atoms with Gasteiger partial charge in [0.15, 0.2) is 5.70 Å². The Morgan fingerprint density at radius 2 is 1.78 bits per heavy atom. The highest BCUT2D eigenvalue weighted by Gasteiger charge is 2.36. The second-order valence-electron chi connectivity index (χ2n) is 5.12. The molecule has 122 valence electrons. The molecule has 1 aromatic carbocycles. The number of benzene rings is 1. The van der Waals surface area contributed by atoms with E-state index in [1.165, 1.54) is 17.0 Å². The van der Waals surface area contributed by atoms with E-state index in [-0.39, 0.29) is 10.6 Å². The first kappa shape index (κ1) is 17.0. The van der Waals surface area contributed by atoms with Gasteiger partial charge in [0.2, 0.25) is 5.78 Å². The van der Waals surface area contributed by atoms with E-state index in [0.717, 1.165) is 19.3 Å². The van der Waals surface area contributed by atoms with Gasteiger partial charge in [-0.05, 0) is 31.4 Å². The Morgan fingerprint density at radius 1 is 1.17 bits per heavy atom. The average Bonchev–Trinajstić information content (AvgIpc) is 2.52. The van der Waals surface area contributed by atoms with Crippen molar-refractivity contribution in [3.63, 3.8) is 0 Å². The van der Waals surface area contributed by atoms with E-state index in [2.05, 4.69) is 0 Å². The predicted molar refractivity (Wildman–Crippen MR) is 82.9 cm³/mol. The summed E-state index contributed by atoms with van der Waals surface area (Å²) < 4.78 is 0. The summed E-state index contributed by atoms with van der Waals surface area (Å²) in [5, 5.41) is 20.5. The second kappa shape index (κ2) is 7.23. The number of hydrogen-bond acceptors (Lipinski definition) is 5. The van der Waals surface area contributed by atoms with Crippen LogP contribution in [0.2, 0.25) is 5.02 Å². The van der Waals surface area contributed by atoms with Crippen molar-refractivity contribution in [3.05, 3.63) is 56.4 Å². The first-order valence-electron chi connectivity index (χ1n) is 7.09. The fourth-order valence-electron chi connectivity index (χ4n) is 2.56. The first-order chi connectivity index (χ1) is 10.9. The molecule has 1 aliphatic rings.